The van der Waals surface area contributed by atoms with Crippen LogP contribution >= 0.6 is 0 Å². The zero-order valence-electron chi connectivity index (χ0n) is 14.1. The minimum absolute atomic E-state index is 0.0699. The maximum Gasteiger partial charge on any atom is 0.270 e. The predicted octanol–water partition coefficient (Wildman–Crippen LogP) is 2.46. The van der Waals surface area contributed by atoms with Crippen LogP contribution in [-0.4, -0.2) is 26.3 Å². The van der Waals surface area contributed by atoms with Gasteiger partial charge in [-0.3, -0.25) is 14.9 Å². The van der Waals surface area contributed by atoms with Gasteiger partial charge >= 0.3 is 0 Å². The van der Waals surface area contributed by atoms with Crippen LogP contribution in [0, 0.1) is 17.0 Å². The predicted molar refractivity (Wildman–Crippen MR) is 98.2 cm³/mol. The number of hydrogen-bond acceptors (Lipinski definition) is 5. The van der Waals surface area contributed by atoms with E-state index >= 15 is 0 Å². The SMILES string of the molecule is CNS(=O)(=O)c1cc(NC(=O)/C=C/c2cccc([N+](=O)[O-])c2)ccc1C. The van der Waals surface area contributed by atoms with Gasteiger partial charge in [-0.05, 0) is 43.3 Å². The third kappa shape index (κ3) is 4.74. The van der Waals surface area contributed by atoms with Crippen LogP contribution in [0.1, 0.15) is 11.1 Å². The number of sulfonamides is 1. The lowest BCUT2D eigenvalue weighted by molar-refractivity contribution is -0.384. The van der Waals surface area contributed by atoms with E-state index in [2.05, 4.69) is 10.0 Å². The van der Waals surface area contributed by atoms with E-state index in [-0.39, 0.29) is 10.6 Å². The lowest BCUT2D eigenvalue weighted by atomic mass is 10.2. The molecule has 2 rings (SSSR count). The molecule has 0 bridgehead atoms. The molecule has 0 aliphatic carbocycles. The average molecular weight is 375 g/mol. The Morgan fingerprint density at radius 3 is 2.58 bits per heavy atom. The van der Waals surface area contributed by atoms with E-state index in [9.17, 15) is 23.3 Å². The Morgan fingerprint density at radius 1 is 1.19 bits per heavy atom. The van der Waals surface area contributed by atoms with Crippen molar-refractivity contribution in [2.24, 2.45) is 0 Å². The molecule has 9 heteroatoms. The van der Waals surface area contributed by atoms with E-state index in [0.717, 1.165) is 0 Å². The Hall–Kier alpha value is -3.04. The largest absolute Gasteiger partial charge is 0.322 e. The minimum Gasteiger partial charge on any atom is -0.322 e. The molecule has 0 unspecified atom stereocenters. The number of benzene rings is 2. The standard InChI is InChI=1S/C17H17N3O5S/c1-12-6-8-14(11-16(12)26(24,25)18-2)19-17(21)9-7-13-4-3-5-15(10-13)20(22)23/h3-11,18H,1-2H3,(H,19,21)/b9-7+. The summed E-state index contributed by atoms with van der Waals surface area (Å²) >= 11 is 0. The fraction of sp³-hybridized carbons (Fsp3) is 0.118. The lowest BCUT2D eigenvalue weighted by Gasteiger charge is -2.09. The summed E-state index contributed by atoms with van der Waals surface area (Å²) in [6, 6.07) is 10.4. The van der Waals surface area contributed by atoms with E-state index in [1.807, 2.05) is 0 Å². The highest BCUT2D eigenvalue weighted by molar-refractivity contribution is 7.89. The van der Waals surface area contributed by atoms with Crippen molar-refractivity contribution in [1.82, 2.24) is 4.72 Å². The Labute approximate surface area is 150 Å². The molecule has 0 saturated heterocycles. The summed E-state index contributed by atoms with van der Waals surface area (Å²) in [5.74, 6) is -0.492. The summed E-state index contributed by atoms with van der Waals surface area (Å²) in [4.78, 5) is 22.3. The van der Waals surface area contributed by atoms with Gasteiger partial charge < -0.3 is 5.32 Å². The van der Waals surface area contributed by atoms with E-state index in [1.54, 1.807) is 25.1 Å². The van der Waals surface area contributed by atoms with Gasteiger partial charge in [0.25, 0.3) is 5.69 Å². The minimum atomic E-state index is -3.64. The van der Waals surface area contributed by atoms with Gasteiger partial charge in [-0.1, -0.05) is 18.2 Å². The Bertz CT molecular complexity index is 984. The van der Waals surface area contributed by atoms with Crippen LogP contribution in [0.3, 0.4) is 0 Å². The molecule has 0 fully saturated rings. The van der Waals surface area contributed by atoms with Crippen molar-refractivity contribution in [3.05, 3.63) is 69.8 Å². The molecule has 0 aromatic heterocycles. The highest BCUT2D eigenvalue weighted by Gasteiger charge is 2.15. The van der Waals surface area contributed by atoms with Crippen molar-refractivity contribution < 1.29 is 18.1 Å². The fourth-order valence-electron chi connectivity index (χ4n) is 2.18. The highest BCUT2D eigenvalue weighted by atomic mass is 32.2. The summed E-state index contributed by atoms with van der Waals surface area (Å²) in [5.41, 5.74) is 1.28. The first kappa shape index (κ1) is 19.3. The number of anilines is 1. The highest BCUT2D eigenvalue weighted by Crippen LogP contribution is 2.20. The smallest absolute Gasteiger partial charge is 0.270 e. The van der Waals surface area contributed by atoms with Crippen molar-refractivity contribution >= 4 is 33.4 Å². The van der Waals surface area contributed by atoms with Crippen LogP contribution < -0.4 is 10.0 Å². The number of nitrogens with zero attached hydrogens (tertiary/aromatic N) is 1. The number of non-ortho nitro benzene ring substituents is 1. The Balaban J connectivity index is 2.17. The maximum atomic E-state index is 12.0. The van der Waals surface area contributed by atoms with Gasteiger partial charge in [-0.25, -0.2) is 13.1 Å². The number of nitro groups is 1. The summed E-state index contributed by atoms with van der Waals surface area (Å²) < 4.78 is 26.2. The number of nitrogens with one attached hydrogen (secondary N) is 2. The van der Waals surface area contributed by atoms with Crippen molar-refractivity contribution in [2.75, 3.05) is 12.4 Å². The second-order valence-electron chi connectivity index (χ2n) is 5.36. The van der Waals surface area contributed by atoms with E-state index < -0.39 is 20.9 Å². The number of carbonyl (C=O) groups excluding carboxylic acids is 1. The second-order valence-corrected chi connectivity index (χ2v) is 7.22. The molecular weight excluding hydrogens is 358 g/mol. The number of nitro benzene ring substituents is 1. The van der Waals surface area contributed by atoms with Gasteiger partial charge in [-0.2, -0.15) is 0 Å². The molecule has 0 spiro atoms. The molecule has 0 atom stereocenters. The first-order chi connectivity index (χ1) is 12.2. The molecule has 0 aliphatic heterocycles. The summed E-state index contributed by atoms with van der Waals surface area (Å²) in [7, 11) is -2.33. The molecular formula is C17H17N3O5S. The van der Waals surface area contributed by atoms with Crippen LogP contribution in [0.15, 0.2) is 53.4 Å². The van der Waals surface area contributed by atoms with Gasteiger partial charge in [0, 0.05) is 23.9 Å². The first-order valence-corrected chi connectivity index (χ1v) is 8.99. The van der Waals surface area contributed by atoms with E-state index in [4.69, 9.17) is 0 Å². The molecule has 2 aromatic carbocycles. The molecule has 2 aromatic rings. The van der Waals surface area contributed by atoms with Crippen LogP contribution in [0.25, 0.3) is 6.08 Å². The van der Waals surface area contributed by atoms with E-state index in [1.165, 1.54) is 43.5 Å². The van der Waals surface area contributed by atoms with Crippen LogP contribution in [0.2, 0.25) is 0 Å². The molecule has 8 nitrogen and oxygen atoms in total. The van der Waals surface area contributed by atoms with Gasteiger partial charge in [0.1, 0.15) is 0 Å². The molecule has 26 heavy (non-hydrogen) atoms. The second kappa shape index (κ2) is 7.89. The fourth-order valence-corrected chi connectivity index (χ4v) is 3.17. The monoisotopic (exact) mass is 375 g/mol. The third-order valence-corrected chi connectivity index (χ3v) is 5.08. The normalized spacial score (nSPS) is 11.5. The Morgan fingerprint density at radius 2 is 1.92 bits per heavy atom. The Kier molecular flexibility index (Phi) is 5.86. The molecule has 0 radical (unpaired) electrons. The van der Waals surface area contributed by atoms with Gasteiger partial charge in [0.2, 0.25) is 15.9 Å². The molecule has 0 saturated carbocycles. The average Bonchev–Trinajstić information content (AvgIpc) is 2.61. The van der Waals surface area contributed by atoms with Crippen LogP contribution in [-0.2, 0) is 14.8 Å². The summed E-state index contributed by atoms with van der Waals surface area (Å²) in [6.07, 6.45) is 2.65. The topological polar surface area (TPSA) is 118 Å². The van der Waals surface area contributed by atoms with Crippen molar-refractivity contribution in [3.8, 4) is 0 Å². The number of amides is 1. The number of carbonyl (C=O) groups is 1. The molecule has 0 aliphatic rings. The van der Waals surface area contributed by atoms with Crippen molar-refractivity contribution in [2.45, 2.75) is 11.8 Å². The quantitative estimate of drug-likeness (QED) is 0.457. The summed E-state index contributed by atoms with van der Waals surface area (Å²) in [5, 5.41) is 13.3. The third-order valence-electron chi connectivity index (χ3n) is 3.52. The zero-order chi connectivity index (χ0) is 19.3. The molecule has 0 heterocycles. The van der Waals surface area contributed by atoms with Gasteiger partial charge in [0.05, 0.1) is 9.82 Å². The number of rotatable bonds is 6. The van der Waals surface area contributed by atoms with Crippen LogP contribution in [0.5, 0.6) is 0 Å². The lowest BCUT2D eigenvalue weighted by Crippen LogP contribution is -2.20. The van der Waals surface area contributed by atoms with Gasteiger partial charge in [0.15, 0.2) is 0 Å². The first-order valence-electron chi connectivity index (χ1n) is 7.50. The maximum absolute atomic E-state index is 12.0. The molecule has 2 N–H and O–H groups in total. The molecule has 1 amide bonds. The zero-order valence-corrected chi connectivity index (χ0v) is 14.9. The van der Waals surface area contributed by atoms with E-state index in [0.29, 0.717) is 16.8 Å². The van der Waals surface area contributed by atoms with Crippen molar-refractivity contribution in [1.29, 1.82) is 0 Å². The number of hydrogen-bond donors (Lipinski definition) is 2. The summed E-state index contributed by atoms with van der Waals surface area (Å²) in [6.45, 7) is 1.65. The van der Waals surface area contributed by atoms with Crippen LogP contribution in [0.4, 0.5) is 11.4 Å². The van der Waals surface area contributed by atoms with Gasteiger partial charge in [-0.15, -0.1) is 0 Å². The number of aryl methyl sites for hydroxylation is 1. The van der Waals surface area contributed by atoms with Crippen molar-refractivity contribution in [3.63, 3.8) is 0 Å². The molecule has 136 valence electrons.